The molecule has 3 aromatic heterocycles. The van der Waals surface area contributed by atoms with E-state index in [2.05, 4.69) is 25.6 Å². The Morgan fingerprint density at radius 2 is 1.97 bits per heavy atom. The summed E-state index contributed by atoms with van der Waals surface area (Å²) in [5.74, 6) is -0.535. The van der Waals surface area contributed by atoms with Crippen LogP contribution in [-0.2, 0) is 6.18 Å². The molecule has 5 rings (SSSR count). The molecule has 1 atom stereocenters. The van der Waals surface area contributed by atoms with Crippen LogP contribution in [0.2, 0.25) is 5.28 Å². The first-order valence-electron chi connectivity index (χ1n) is 9.39. The maximum atomic E-state index is 13.0. The fourth-order valence-electron chi connectivity index (χ4n) is 3.47. The van der Waals surface area contributed by atoms with E-state index in [-0.39, 0.29) is 23.6 Å². The molecule has 0 saturated heterocycles. The van der Waals surface area contributed by atoms with Gasteiger partial charge in [-0.15, -0.1) is 0 Å². The average molecular weight is 464 g/mol. The van der Waals surface area contributed by atoms with Crippen LogP contribution in [0.4, 0.5) is 18.9 Å². The Labute approximate surface area is 182 Å². The molecular formula is C20H13ClF3N5O3. The summed E-state index contributed by atoms with van der Waals surface area (Å²) in [7, 11) is 0. The quantitative estimate of drug-likeness (QED) is 0.412. The van der Waals surface area contributed by atoms with Crippen molar-refractivity contribution in [3.05, 3.63) is 47.1 Å². The molecule has 0 saturated carbocycles. The van der Waals surface area contributed by atoms with Crippen molar-refractivity contribution in [2.45, 2.75) is 19.1 Å². The minimum atomic E-state index is -4.71. The number of ether oxygens (including phenoxy) is 1. The van der Waals surface area contributed by atoms with E-state index in [1.165, 1.54) is 6.07 Å². The highest BCUT2D eigenvalue weighted by Gasteiger charge is 2.34. The van der Waals surface area contributed by atoms with Gasteiger partial charge in [0.2, 0.25) is 22.8 Å². The Morgan fingerprint density at radius 3 is 2.75 bits per heavy atom. The summed E-state index contributed by atoms with van der Waals surface area (Å²) in [5, 5.41) is 6.80. The fourth-order valence-corrected chi connectivity index (χ4v) is 3.64. The first-order chi connectivity index (χ1) is 15.2. The number of aromatic nitrogens is 3. The zero-order valence-corrected chi connectivity index (χ0v) is 17.0. The average Bonchev–Trinajstić information content (AvgIpc) is 3.03. The Morgan fingerprint density at radius 1 is 1.16 bits per heavy atom. The number of carbonyl (C=O) groups excluding carboxylic acids is 1. The highest BCUT2D eigenvalue weighted by atomic mass is 35.5. The number of benzene rings is 1. The summed E-state index contributed by atoms with van der Waals surface area (Å²) >= 11 is 5.60. The molecular weight excluding hydrogens is 451 g/mol. The number of anilines is 1. The van der Waals surface area contributed by atoms with Crippen LogP contribution in [-0.4, -0.2) is 33.4 Å². The molecule has 0 bridgehead atoms. The number of carbonyl (C=O) groups is 1. The number of pyridine rings is 1. The molecule has 8 nitrogen and oxygen atoms in total. The van der Waals surface area contributed by atoms with Gasteiger partial charge < -0.3 is 19.8 Å². The van der Waals surface area contributed by atoms with Gasteiger partial charge in [0.15, 0.2) is 5.69 Å². The standard InChI is InChI=1S/C20H13ClF3N5O3/c1-8-7-25-16-15-9-2-5-13(32-14-6-12(20(22,23)24)28-19(21)29-14)27-10(9)3-4-11(15)31-17(16)18(30)26-8/h2-6,8,25H,7H2,1H3,(H,26,30). The van der Waals surface area contributed by atoms with Gasteiger partial charge in [0, 0.05) is 30.1 Å². The monoisotopic (exact) mass is 463 g/mol. The predicted octanol–water partition coefficient (Wildman–Crippen LogP) is 4.78. The maximum absolute atomic E-state index is 13.0. The summed E-state index contributed by atoms with van der Waals surface area (Å²) in [6, 6.07) is 7.02. The van der Waals surface area contributed by atoms with Crippen molar-refractivity contribution in [3.8, 4) is 11.8 Å². The van der Waals surface area contributed by atoms with E-state index in [4.69, 9.17) is 20.8 Å². The van der Waals surface area contributed by atoms with Crippen LogP contribution in [0.1, 0.15) is 23.2 Å². The van der Waals surface area contributed by atoms with E-state index in [0.717, 1.165) is 0 Å². The van der Waals surface area contributed by atoms with E-state index in [9.17, 15) is 18.0 Å². The van der Waals surface area contributed by atoms with Crippen LogP contribution >= 0.6 is 11.6 Å². The molecule has 1 amide bonds. The van der Waals surface area contributed by atoms with Crippen LogP contribution in [0, 0.1) is 0 Å². The summed E-state index contributed by atoms with van der Waals surface area (Å²) < 4.78 is 50.1. The number of alkyl halides is 3. The topological polar surface area (TPSA) is 102 Å². The summed E-state index contributed by atoms with van der Waals surface area (Å²) in [6.45, 7) is 2.38. The minimum Gasteiger partial charge on any atom is -0.449 e. The Bertz CT molecular complexity index is 1390. The molecule has 32 heavy (non-hydrogen) atoms. The van der Waals surface area contributed by atoms with E-state index in [0.29, 0.717) is 40.2 Å². The number of halogens is 4. The number of hydrogen-bond donors (Lipinski definition) is 2. The van der Waals surface area contributed by atoms with Gasteiger partial charge in [-0.3, -0.25) is 4.79 Å². The lowest BCUT2D eigenvalue weighted by molar-refractivity contribution is -0.141. The van der Waals surface area contributed by atoms with Gasteiger partial charge in [0.1, 0.15) is 5.58 Å². The number of fused-ring (bicyclic) bond motifs is 5. The molecule has 2 N–H and O–H groups in total. The van der Waals surface area contributed by atoms with Gasteiger partial charge in [-0.1, -0.05) is 0 Å². The SMILES string of the molecule is CC1CNc2c(oc3ccc4nc(Oc5cc(C(F)(F)F)nc(Cl)n5)ccc4c23)C(=O)N1. The van der Waals surface area contributed by atoms with Crippen molar-refractivity contribution in [2.75, 3.05) is 11.9 Å². The molecule has 0 aliphatic carbocycles. The lowest BCUT2D eigenvalue weighted by Gasteiger charge is -2.10. The first-order valence-corrected chi connectivity index (χ1v) is 9.77. The predicted molar refractivity (Wildman–Crippen MR) is 109 cm³/mol. The fraction of sp³-hybridized carbons (Fsp3) is 0.200. The van der Waals surface area contributed by atoms with Gasteiger partial charge in [0.25, 0.3) is 5.91 Å². The molecule has 12 heteroatoms. The largest absolute Gasteiger partial charge is 0.449 e. The van der Waals surface area contributed by atoms with Crippen molar-refractivity contribution in [1.29, 1.82) is 0 Å². The zero-order chi connectivity index (χ0) is 22.6. The van der Waals surface area contributed by atoms with Crippen molar-refractivity contribution in [1.82, 2.24) is 20.3 Å². The molecule has 164 valence electrons. The molecule has 0 radical (unpaired) electrons. The molecule has 1 aliphatic heterocycles. The third-order valence-corrected chi connectivity index (χ3v) is 5.01. The number of hydrogen-bond acceptors (Lipinski definition) is 7. The number of nitrogens with zero attached hydrogens (tertiary/aromatic N) is 3. The van der Waals surface area contributed by atoms with Crippen LogP contribution < -0.4 is 15.4 Å². The van der Waals surface area contributed by atoms with Crippen molar-refractivity contribution in [3.63, 3.8) is 0 Å². The number of rotatable bonds is 2. The number of furan rings is 1. The minimum absolute atomic E-state index is 0.00801. The second kappa shape index (κ2) is 7.23. The van der Waals surface area contributed by atoms with Gasteiger partial charge >= 0.3 is 6.18 Å². The normalized spacial score (nSPS) is 16.4. The van der Waals surface area contributed by atoms with E-state index in [1.54, 1.807) is 18.2 Å². The van der Waals surface area contributed by atoms with Crippen LogP contribution in [0.15, 0.2) is 34.7 Å². The third kappa shape index (κ3) is 3.54. The van der Waals surface area contributed by atoms with E-state index >= 15 is 0 Å². The molecule has 1 aliphatic rings. The Balaban J connectivity index is 1.57. The van der Waals surface area contributed by atoms with Gasteiger partial charge in [-0.25, -0.2) is 9.97 Å². The third-order valence-electron chi connectivity index (χ3n) is 4.84. The summed E-state index contributed by atoms with van der Waals surface area (Å²) in [6.07, 6.45) is -4.71. The van der Waals surface area contributed by atoms with Crippen molar-refractivity contribution in [2.24, 2.45) is 0 Å². The van der Waals surface area contributed by atoms with Crippen LogP contribution in [0.3, 0.4) is 0 Å². The number of amides is 1. The Kier molecular flexibility index (Phi) is 4.59. The van der Waals surface area contributed by atoms with Crippen molar-refractivity contribution >= 4 is 45.1 Å². The van der Waals surface area contributed by atoms with Gasteiger partial charge in [-0.2, -0.15) is 18.2 Å². The molecule has 4 heterocycles. The molecule has 0 spiro atoms. The van der Waals surface area contributed by atoms with Crippen LogP contribution in [0.25, 0.3) is 21.9 Å². The summed E-state index contributed by atoms with van der Waals surface area (Å²) in [5.41, 5.74) is 0.303. The molecule has 0 fully saturated rings. The summed E-state index contributed by atoms with van der Waals surface area (Å²) in [4.78, 5) is 23.6. The molecule has 1 aromatic carbocycles. The van der Waals surface area contributed by atoms with Crippen LogP contribution in [0.5, 0.6) is 11.8 Å². The highest BCUT2D eigenvalue weighted by Crippen LogP contribution is 2.38. The zero-order valence-electron chi connectivity index (χ0n) is 16.2. The molecule has 1 unspecified atom stereocenters. The second-order valence-electron chi connectivity index (χ2n) is 7.18. The lowest BCUT2D eigenvalue weighted by atomic mass is 10.1. The number of nitrogens with one attached hydrogen (secondary N) is 2. The smallest absolute Gasteiger partial charge is 0.433 e. The van der Waals surface area contributed by atoms with E-state index < -0.39 is 23.0 Å². The Hall–Kier alpha value is -3.60. The lowest BCUT2D eigenvalue weighted by Crippen LogP contribution is -2.34. The second-order valence-corrected chi connectivity index (χ2v) is 7.51. The van der Waals surface area contributed by atoms with E-state index in [1.807, 2.05) is 6.92 Å². The van der Waals surface area contributed by atoms with Gasteiger partial charge in [0.05, 0.1) is 16.6 Å². The maximum Gasteiger partial charge on any atom is 0.433 e. The first kappa shape index (κ1) is 20.3. The molecule has 4 aromatic rings. The van der Waals surface area contributed by atoms with Gasteiger partial charge in [-0.05, 0) is 36.7 Å². The highest BCUT2D eigenvalue weighted by molar-refractivity contribution is 6.28. The van der Waals surface area contributed by atoms with Crippen molar-refractivity contribution < 1.29 is 27.1 Å².